The van der Waals surface area contributed by atoms with Crippen LogP contribution in [0.5, 0.6) is 0 Å². The first-order chi connectivity index (χ1) is 7.65. The van der Waals surface area contributed by atoms with Crippen molar-refractivity contribution in [2.24, 2.45) is 17.8 Å². The number of hydrogen-bond donors (Lipinski definition) is 0. The van der Waals surface area contributed by atoms with Crippen LogP contribution in [-0.4, -0.2) is 11.6 Å². The van der Waals surface area contributed by atoms with E-state index in [1.54, 1.807) is 6.92 Å². The zero-order valence-corrected chi connectivity index (χ0v) is 12.7. The van der Waals surface area contributed by atoms with E-state index in [0.717, 1.165) is 19.3 Å². The molecule has 2 nitrogen and oxygen atoms in total. The highest BCUT2D eigenvalue weighted by Gasteiger charge is 2.06. The fourth-order valence-electron chi connectivity index (χ4n) is 1.57. The average Bonchev–Trinajstić information content (AvgIpc) is 1.97. The summed E-state index contributed by atoms with van der Waals surface area (Å²) < 4.78 is 0. The van der Waals surface area contributed by atoms with Crippen molar-refractivity contribution >= 4 is 11.6 Å². The van der Waals surface area contributed by atoms with Gasteiger partial charge in [0.15, 0.2) is 0 Å². The van der Waals surface area contributed by atoms with Crippen LogP contribution in [0.1, 0.15) is 67.7 Å². The van der Waals surface area contributed by atoms with Crippen molar-refractivity contribution < 1.29 is 9.59 Å². The molecule has 2 heteroatoms. The molecule has 0 fully saturated rings. The van der Waals surface area contributed by atoms with Crippen LogP contribution in [0, 0.1) is 17.8 Å². The number of carbonyl (C=O) groups excluding carboxylic acids is 2. The molecule has 0 aromatic carbocycles. The van der Waals surface area contributed by atoms with E-state index in [-0.39, 0.29) is 5.78 Å². The zero-order chi connectivity index (χ0) is 14.0. The van der Waals surface area contributed by atoms with Crippen LogP contribution in [0.25, 0.3) is 0 Å². The lowest BCUT2D eigenvalue weighted by molar-refractivity contribution is -0.120. The lowest BCUT2D eigenvalue weighted by Crippen LogP contribution is -2.05. The Hall–Kier alpha value is -0.660. The average molecular weight is 242 g/mol. The molecule has 0 aromatic heterocycles. The Morgan fingerprint density at radius 2 is 1.00 bits per heavy atom. The van der Waals surface area contributed by atoms with Gasteiger partial charge in [0.25, 0.3) is 0 Å². The molecule has 0 saturated heterocycles. The summed E-state index contributed by atoms with van der Waals surface area (Å²) in [4.78, 5) is 21.3. The third kappa shape index (κ3) is 21.2. The second-order valence-corrected chi connectivity index (χ2v) is 6.03. The predicted octanol–water partition coefficient (Wildman–Crippen LogP) is 4.27. The summed E-state index contributed by atoms with van der Waals surface area (Å²) in [5.41, 5.74) is 0. The van der Waals surface area contributed by atoms with Gasteiger partial charge in [-0.05, 0) is 24.7 Å². The molecule has 0 heterocycles. The second-order valence-electron chi connectivity index (χ2n) is 6.03. The van der Waals surface area contributed by atoms with Gasteiger partial charge in [0.05, 0.1) is 0 Å². The molecule has 0 spiro atoms. The van der Waals surface area contributed by atoms with Crippen LogP contribution in [-0.2, 0) is 9.59 Å². The monoisotopic (exact) mass is 242 g/mol. The standard InChI is InChI=1S/C9H18O.C6H12O/c1-7(2)5-9(10)6-8(3)4;1-5(2)4-6(3)7/h7-8H,5-6H2,1-4H3;5H,4H2,1-3H3. The molecule has 0 amide bonds. The smallest absolute Gasteiger partial charge is 0.133 e. The van der Waals surface area contributed by atoms with Gasteiger partial charge >= 0.3 is 0 Å². The molecule has 0 atom stereocenters. The third-order valence-electron chi connectivity index (χ3n) is 1.97. The van der Waals surface area contributed by atoms with E-state index < -0.39 is 0 Å². The fraction of sp³-hybridized carbons (Fsp3) is 0.867. The molecular weight excluding hydrogens is 212 g/mol. The SMILES string of the molecule is CC(=O)CC(C)C.CC(C)CC(=O)CC(C)C. The van der Waals surface area contributed by atoms with Crippen molar-refractivity contribution in [3.8, 4) is 0 Å². The molecule has 102 valence electrons. The first-order valence-electron chi connectivity index (χ1n) is 6.66. The molecule has 0 unspecified atom stereocenters. The molecule has 0 bridgehead atoms. The van der Waals surface area contributed by atoms with Crippen molar-refractivity contribution in [1.29, 1.82) is 0 Å². The van der Waals surface area contributed by atoms with Crippen LogP contribution in [0.4, 0.5) is 0 Å². The Morgan fingerprint density at radius 3 is 1.12 bits per heavy atom. The van der Waals surface area contributed by atoms with E-state index >= 15 is 0 Å². The maximum absolute atomic E-state index is 11.1. The summed E-state index contributed by atoms with van der Waals surface area (Å²) >= 11 is 0. The lowest BCUT2D eigenvalue weighted by atomic mass is 10.00. The van der Waals surface area contributed by atoms with Gasteiger partial charge in [0.1, 0.15) is 11.6 Å². The highest BCUT2D eigenvalue weighted by atomic mass is 16.1. The summed E-state index contributed by atoms with van der Waals surface area (Å²) in [6.07, 6.45) is 2.22. The number of carbonyl (C=O) groups is 2. The van der Waals surface area contributed by atoms with Crippen LogP contribution in [0.3, 0.4) is 0 Å². The molecule has 0 rings (SSSR count). The van der Waals surface area contributed by atoms with E-state index in [1.807, 2.05) is 13.8 Å². The number of rotatable bonds is 6. The molecule has 0 aromatic rings. The Labute approximate surface area is 107 Å². The molecule has 0 aliphatic rings. The first kappa shape index (κ1) is 18.7. The molecular formula is C15H30O2. The minimum Gasteiger partial charge on any atom is -0.300 e. The summed E-state index contributed by atoms with van der Waals surface area (Å²) in [6.45, 7) is 14.0. The first-order valence-corrected chi connectivity index (χ1v) is 6.66. The topological polar surface area (TPSA) is 34.1 Å². The van der Waals surface area contributed by atoms with Crippen LogP contribution < -0.4 is 0 Å². The van der Waals surface area contributed by atoms with E-state index in [4.69, 9.17) is 0 Å². The van der Waals surface area contributed by atoms with Gasteiger partial charge in [0, 0.05) is 19.3 Å². The van der Waals surface area contributed by atoms with Gasteiger partial charge in [0.2, 0.25) is 0 Å². The molecule has 0 saturated carbocycles. The van der Waals surface area contributed by atoms with Gasteiger partial charge in [-0.25, -0.2) is 0 Å². The summed E-state index contributed by atoms with van der Waals surface area (Å²) in [5, 5.41) is 0. The van der Waals surface area contributed by atoms with Gasteiger partial charge in [-0.2, -0.15) is 0 Å². The number of Topliss-reactive ketones (excluding diaryl/α,β-unsaturated/α-hetero) is 2. The highest BCUT2D eigenvalue weighted by Crippen LogP contribution is 2.07. The maximum Gasteiger partial charge on any atom is 0.133 e. The van der Waals surface area contributed by atoms with Gasteiger partial charge in [-0.15, -0.1) is 0 Å². The van der Waals surface area contributed by atoms with Gasteiger partial charge in [-0.3, -0.25) is 4.79 Å². The largest absolute Gasteiger partial charge is 0.300 e. The summed E-state index contributed by atoms with van der Waals surface area (Å²) in [7, 11) is 0. The molecule has 0 aliphatic heterocycles. The molecule has 0 N–H and O–H groups in total. The second kappa shape index (κ2) is 10.5. The fourth-order valence-corrected chi connectivity index (χ4v) is 1.57. The van der Waals surface area contributed by atoms with Crippen molar-refractivity contribution in [3.05, 3.63) is 0 Å². The number of ketones is 2. The normalized spacial score (nSPS) is 10.5. The molecule has 17 heavy (non-hydrogen) atoms. The van der Waals surface area contributed by atoms with Crippen LogP contribution >= 0.6 is 0 Å². The van der Waals surface area contributed by atoms with Crippen molar-refractivity contribution in [1.82, 2.24) is 0 Å². The van der Waals surface area contributed by atoms with Gasteiger partial charge in [-0.1, -0.05) is 41.5 Å². The van der Waals surface area contributed by atoms with Crippen LogP contribution in [0.2, 0.25) is 0 Å². The summed E-state index contributed by atoms with van der Waals surface area (Å²) in [6, 6.07) is 0. The number of hydrogen-bond acceptors (Lipinski definition) is 2. The molecule has 0 aliphatic carbocycles. The molecule has 0 radical (unpaired) electrons. The predicted molar refractivity (Wildman–Crippen MR) is 74.1 cm³/mol. The Kier molecular flexibility index (Phi) is 11.5. The highest BCUT2D eigenvalue weighted by molar-refractivity contribution is 5.78. The van der Waals surface area contributed by atoms with Crippen molar-refractivity contribution in [2.75, 3.05) is 0 Å². The van der Waals surface area contributed by atoms with Crippen LogP contribution in [0.15, 0.2) is 0 Å². The quantitative estimate of drug-likeness (QED) is 0.697. The van der Waals surface area contributed by atoms with Crippen molar-refractivity contribution in [3.63, 3.8) is 0 Å². The third-order valence-corrected chi connectivity index (χ3v) is 1.97. The lowest BCUT2D eigenvalue weighted by Gasteiger charge is -2.05. The van der Waals surface area contributed by atoms with E-state index in [2.05, 4.69) is 27.7 Å². The van der Waals surface area contributed by atoms with E-state index in [1.165, 1.54) is 0 Å². The summed E-state index contributed by atoms with van der Waals surface area (Å²) in [5.74, 6) is 2.26. The maximum atomic E-state index is 11.1. The van der Waals surface area contributed by atoms with Crippen molar-refractivity contribution in [2.45, 2.75) is 67.7 Å². The minimum atomic E-state index is 0.287. The Bertz CT molecular complexity index is 203. The van der Waals surface area contributed by atoms with E-state index in [0.29, 0.717) is 23.5 Å². The van der Waals surface area contributed by atoms with E-state index in [9.17, 15) is 9.59 Å². The zero-order valence-electron chi connectivity index (χ0n) is 12.7. The Morgan fingerprint density at radius 1 is 0.706 bits per heavy atom. The van der Waals surface area contributed by atoms with Gasteiger partial charge < -0.3 is 4.79 Å². The Balaban J connectivity index is 0. The minimum absolute atomic E-state index is 0.287.